The molecule has 1 aromatic rings. The number of hydrogen-bond acceptors (Lipinski definition) is 3. The SMILES string of the molecule is CCC(N)CC(=O)NCc1ccc(OC)cc1. The topological polar surface area (TPSA) is 64.4 Å². The summed E-state index contributed by atoms with van der Waals surface area (Å²) >= 11 is 0. The average molecular weight is 236 g/mol. The van der Waals surface area contributed by atoms with Crippen LogP contribution in [0.5, 0.6) is 5.75 Å². The second-order valence-electron chi connectivity index (χ2n) is 4.00. The van der Waals surface area contributed by atoms with E-state index >= 15 is 0 Å². The Morgan fingerprint density at radius 2 is 2.06 bits per heavy atom. The van der Waals surface area contributed by atoms with E-state index < -0.39 is 0 Å². The van der Waals surface area contributed by atoms with Gasteiger partial charge in [0.1, 0.15) is 5.75 Å². The molecule has 1 aromatic carbocycles. The first kappa shape index (κ1) is 13.5. The van der Waals surface area contributed by atoms with Crippen LogP contribution in [0.4, 0.5) is 0 Å². The second kappa shape index (κ2) is 6.91. The zero-order valence-electron chi connectivity index (χ0n) is 10.4. The van der Waals surface area contributed by atoms with E-state index in [1.54, 1.807) is 7.11 Å². The lowest BCUT2D eigenvalue weighted by molar-refractivity contribution is -0.121. The minimum Gasteiger partial charge on any atom is -0.497 e. The maximum atomic E-state index is 11.5. The van der Waals surface area contributed by atoms with Gasteiger partial charge in [0.05, 0.1) is 7.11 Å². The Hall–Kier alpha value is -1.55. The molecule has 17 heavy (non-hydrogen) atoms. The van der Waals surface area contributed by atoms with Crippen LogP contribution in [-0.2, 0) is 11.3 Å². The van der Waals surface area contributed by atoms with Gasteiger partial charge in [0, 0.05) is 19.0 Å². The van der Waals surface area contributed by atoms with Gasteiger partial charge in [0.15, 0.2) is 0 Å². The monoisotopic (exact) mass is 236 g/mol. The fourth-order valence-corrected chi connectivity index (χ4v) is 1.40. The summed E-state index contributed by atoms with van der Waals surface area (Å²) in [6, 6.07) is 7.56. The van der Waals surface area contributed by atoms with Crippen molar-refractivity contribution in [3.8, 4) is 5.75 Å². The Labute approximate surface area is 102 Å². The molecule has 0 aromatic heterocycles. The van der Waals surface area contributed by atoms with E-state index in [0.717, 1.165) is 17.7 Å². The average Bonchev–Trinajstić information content (AvgIpc) is 2.36. The lowest BCUT2D eigenvalue weighted by Gasteiger charge is -2.09. The predicted octanol–water partition coefficient (Wildman–Crippen LogP) is 1.44. The van der Waals surface area contributed by atoms with E-state index in [1.807, 2.05) is 31.2 Å². The number of carbonyl (C=O) groups is 1. The number of benzene rings is 1. The number of nitrogens with one attached hydrogen (secondary N) is 1. The molecule has 1 rings (SSSR count). The van der Waals surface area contributed by atoms with E-state index in [0.29, 0.717) is 13.0 Å². The molecule has 0 saturated carbocycles. The number of rotatable bonds is 6. The third-order valence-corrected chi connectivity index (χ3v) is 2.62. The van der Waals surface area contributed by atoms with Gasteiger partial charge in [-0.1, -0.05) is 19.1 Å². The Bertz CT molecular complexity index is 349. The molecule has 0 bridgehead atoms. The van der Waals surface area contributed by atoms with Crippen LogP contribution >= 0.6 is 0 Å². The molecule has 1 atom stereocenters. The molecule has 0 saturated heterocycles. The first-order chi connectivity index (χ1) is 8.15. The molecule has 0 spiro atoms. The molecule has 4 nitrogen and oxygen atoms in total. The maximum Gasteiger partial charge on any atom is 0.221 e. The molecule has 1 unspecified atom stereocenters. The Kier molecular flexibility index (Phi) is 5.49. The van der Waals surface area contributed by atoms with Crippen molar-refractivity contribution < 1.29 is 9.53 Å². The summed E-state index contributed by atoms with van der Waals surface area (Å²) in [4.78, 5) is 11.5. The summed E-state index contributed by atoms with van der Waals surface area (Å²) in [5.41, 5.74) is 6.75. The highest BCUT2D eigenvalue weighted by atomic mass is 16.5. The van der Waals surface area contributed by atoms with E-state index in [9.17, 15) is 4.79 Å². The number of nitrogens with two attached hydrogens (primary N) is 1. The lowest BCUT2D eigenvalue weighted by Crippen LogP contribution is -2.30. The van der Waals surface area contributed by atoms with Gasteiger partial charge in [-0.25, -0.2) is 0 Å². The van der Waals surface area contributed by atoms with Crippen LogP contribution in [0.25, 0.3) is 0 Å². The molecule has 0 aliphatic heterocycles. The van der Waals surface area contributed by atoms with Crippen LogP contribution in [0.1, 0.15) is 25.3 Å². The smallest absolute Gasteiger partial charge is 0.221 e. The van der Waals surface area contributed by atoms with Gasteiger partial charge in [0.2, 0.25) is 5.91 Å². The summed E-state index contributed by atoms with van der Waals surface area (Å²) in [6.45, 7) is 2.50. The van der Waals surface area contributed by atoms with Crippen LogP contribution in [0.3, 0.4) is 0 Å². The van der Waals surface area contributed by atoms with Crippen molar-refractivity contribution in [1.82, 2.24) is 5.32 Å². The zero-order valence-corrected chi connectivity index (χ0v) is 10.4. The standard InChI is InChI=1S/C13H20N2O2/c1-3-11(14)8-13(16)15-9-10-4-6-12(17-2)7-5-10/h4-7,11H,3,8-9,14H2,1-2H3,(H,15,16). The highest BCUT2D eigenvalue weighted by Gasteiger charge is 2.06. The van der Waals surface area contributed by atoms with Crippen molar-refractivity contribution in [1.29, 1.82) is 0 Å². The number of ether oxygens (including phenoxy) is 1. The number of carbonyl (C=O) groups excluding carboxylic acids is 1. The summed E-state index contributed by atoms with van der Waals surface area (Å²) in [7, 11) is 1.63. The van der Waals surface area contributed by atoms with Gasteiger partial charge < -0.3 is 15.8 Å². The van der Waals surface area contributed by atoms with Crippen molar-refractivity contribution >= 4 is 5.91 Å². The van der Waals surface area contributed by atoms with E-state index in [4.69, 9.17) is 10.5 Å². The molecular weight excluding hydrogens is 216 g/mol. The minimum absolute atomic E-state index is 0.00447. The third kappa shape index (κ3) is 4.87. The summed E-state index contributed by atoms with van der Waals surface area (Å²) in [5.74, 6) is 0.809. The predicted molar refractivity (Wildman–Crippen MR) is 67.7 cm³/mol. The van der Waals surface area contributed by atoms with Crippen LogP contribution in [0.15, 0.2) is 24.3 Å². The first-order valence-electron chi connectivity index (χ1n) is 5.81. The molecule has 3 N–H and O–H groups in total. The van der Waals surface area contributed by atoms with Crippen molar-refractivity contribution in [2.24, 2.45) is 5.73 Å². The van der Waals surface area contributed by atoms with Gasteiger partial charge >= 0.3 is 0 Å². The molecule has 0 heterocycles. The number of amides is 1. The van der Waals surface area contributed by atoms with Gasteiger partial charge in [-0.2, -0.15) is 0 Å². The zero-order chi connectivity index (χ0) is 12.7. The molecule has 0 radical (unpaired) electrons. The fraction of sp³-hybridized carbons (Fsp3) is 0.462. The van der Waals surface area contributed by atoms with Gasteiger partial charge in [-0.15, -0.1) is 0 Å². The highest BCUT2D eigenvalue weighted by Crippen LogP contribution is 2.10. The minimum atomic E-state index is -0.0501. The summed E-state index contributed by atoms with van der Waals surface area (Å²) < 4.78 is 5.06. The van der Waals surface area contributed by atoms with E-state index in [1.165, 1.54) is 0 Å². The fourth-order valence-electron chi connectivity index (χ4n) is 1.40. The quantitative estimate of drug-likeness (QED) is 0.785. The Morgan fingerprint density at radius 1 is 1.41 bits per heavy atom. The maximum absolute atomic E-state index is 11.5. The Morgan fingerprint density at radius 3 is 2.59 bits per heavy atom. The molecule has 0 aliphatic carbocycles. The van der Waals surface area contributed by atoms with Crippen LogP contribution in [-0.4, -0.2) is 19.1 Å². The van der Waals surface area contributed by atoms with Crippen LogP contribution in [0.2, 0.25) is 0 Å². The van der Waals surface area contributed by atoms with Gasteiger partial charge in [-0.3, -0.25) is 4.79 Å². The van der Waals surface area contributed by atoms with Gasteiger partial charge in [0.25, 0.3) is 0 Å². The molecule has 4 heteroatoms. The second-order valence-corrected chi connectivity index (χ2v) is 4.00. The van der Waals surface area contributed by atoms with Crippen molar-refractivity contribution in [3.63, 3.8) is 0 Å². The van der Waals surface area contributed by atoms with E-state index in [-0.39, 0.29) is 11.9 Å². The van der Waals surface area contributed by atoms with Crippen molar-refractivity contribution in [3.05, 3.63) is 29.8 Å². The summed E-state index contributed by atoms with van der Waals surface area (Å²) in [6.07, 6.45) is 1.20. The Balaban J connectivity index is 2.36. The largest absolute Gasteiger partial charge is 0.497 e. The molecule has 94 valence electrons. The van der Waals surface area contributed by atoms with Crippen LogP contribution < -0.4 is 15.8 Å². The third-order valence-electron chi connectivity index (χ3n) is 2.62. The molecular formula is C13H20N2O2. The van der Waals surface area contributed by atoms with Crippen LogP contribution in [0, 0.1) is 0 Å². The number of hydrogen-bond donors (Lipinski definition) is 2. The van der Waals surface area contributed by atoms with Crippen molar-refractivity contribution in [2.75, 3.05) is 7.11 Å². The van der Waals surface area contributed by atoms with Crippen molar-refractivity contribution in [2.45, 2.75) is 32.4 Å². The highest BCUT2D eigenvalue weighted by molar-refractivity contribution is 5.76. The normalized spacial score (nSPS) is 11.9. The van der Waals surface area contributed by atoms with Gasteiger partial charge in [-0.05, 0) is 24.1 Å². The number of methoxy groups -OCH3 is 1. The molecule has 0 aliphatic rings. The molecule has 1 amide bonds. The van der Waals surface area contributed by atoms with E-state index in [2.05, 4.69) is 5.32 Å². The lowest BCUT2D eigenvalue weighted by atomic mass is 10.1. The summed E-state index contributed by atoms with van der Waals surface area (Å²) in [5, 5.41) is 2.84. The first-order valence-corrected chi connectivity index (χ1v) is 5.81. The molecule has 0 fully saturated rings.